The molecule has 82 valence electrons. The molecule has 0 aliphatic heterocycles. The maximum Gasteiger partial charge on any atom is 0.293 e. The van der Waals surface area contributed by atoms with Gasteiger partial charge in [0.15, 0.2) is 0 Å². The van der Waals surface area contributed by atoms with Crippen LogP contribution in [0.15, 0.2) is 5.51 Å². The standard InChI is InChI=1S/C9H12N2O3S/c1-11(2)9(13)8-7(15-5-10-8)3-4-14-6-12/h5-6H,3-4H2,1-2H3. The van der Waals surface area contributed by atoms with Gasteiger partial charge in [-0.3, -0.25) is 9.59 Å². The summed E-state index contributed by atoms with van der Waals surface area (Å²) < 4.78 is 4.58. The Morgan fingerprint density at radius 1 is 1.67 bits per heavy atom. The smallest absolute Gasteiger partial charge is 0.293 e. The molecule has 1 aromatic heterocycles. The SMILES string of the molecule is CN(C)C(=O)c1ncsc1CCOC=O. The molecule has 0 saturated heterocycles. The van der Waals surface area contributed by atoms with Crippen molar-refractivity contribution in [1.29, 1.82) is 0 Å². The van der Waals surface area contributed by atoms with Gasteiger partial charge in [-0.05, 0) is 0 Å². The molecule has 1 aromatic rings. The zero-order valence-electron chi connectivity index (χ0n) is 8.60. The predicted octanol–water partition coefficient (Wildman–Crippen LogP) is 0.560. The molecule has 6 heteroatoms. The van der Waals surface area contributed by atoms with Crippen LogP contribution in [0.3, 0.4) is 0 Å². The Bertz CT molecular complexity index is 349. The molecule has 15 heavy (non-hydrogen) atoms. The minimum atomic E-state index is -0.127. The lowest BCUT2D eigenvalue weighted by atomic mass is 10.3. The number of hydrogen-bond acceptors (Lipinski definition) is 5. The normalized spacial score (nSPS) is 9.73. The van der Waals surface area contributed by atoms with E-state index in [-0.39, 0.29) is 12.5 Å². The van der Waals surface area contributed by atoms with Gasteiger partial charge in [0.1, 0.15) is 5.69 Å². The van der Waals surface area contributed by atoms with Crippen LogP contribution in [0.25, 0.3) is 0 Å². The molecule has 0 bridgehead atoms. The van der Waals surface area contributed by atoms with Gasteiger partial charge in [-0.25, -0.2) is 4.98 Å². The highest BCUT2D eigenvalue weighted by Crippen LogP contribution is 2.15. The monoisotopic (exact) mass is 228 g/mol. The van der Waals surface area contributed by atoms with Crippen molar-refractivity contribution in [2.45, 2.75) is 6.42 Å². The van der Waals surface area contributed by atoms with Crippen molar-refractivity contribution in [3.8, 4) is 0 Å². The van der Waals surface area contributed by atoms with Crippen molar-refractivity contribution in [3.63, 3.8) is 0 Å². The molecule has 1 amide bonds. The number of amides is 1. The fourth-order valence-corrected chi connectivity index (χ4v) is 1.77. The van der Waals surface area contributed by atoms with E-state index in [1.165, 1.54) is 16.2 Å². The average Bonchev–Trinajstić information content (AvgIpc) is 2.65. The Morgan fingerprint density at radius 2 is 2.40 bits per heavy atom. The third-order valence-electron chi connectivity index (χ3n) is 1.76. The van der Waals surface area contributed by atoms with E-state index in [4.69, 9.17) is 0 Å². The third-order valence-corrected chi connectivity index (χ3v) is 2.66. The topological polar surface area (TPSA) is 59.5 Å². The molecular weight excluding hydrogens is 216 g/mol. The number of rotatable bonds is 5. The summed E-state index contributed by atoms with van der Waals surface area (Å²) in [6, 6.07) is 0. The number of carbonyl (C=O) groups excluding carboxylic acids is 2. The van der Waals surface area contributed by atoms with E-state index < -0.39 is 0 Å². The van der Waals surface area contributed by atoms with Crippen molar-refractivity contribution >= 4 is 23.7 Å². The van der Waals surface area contributed by atoms with E-state index in [0.29, 0.717) is 18.6 Å². The van der Waals surface area contributed by atoms with Gasteiger partial charge in [-0.2, -0.15) is 0 Å². The second-order valence-electron chi connectivity index (χ2n) is 3.04. The first-order valence-corrected chi connectivity index (χ1v) is 5.24. The highest BCUT2D eigenvalue weighted by molar-refractivity contribution is 7.09. The Kier molecular flexibility index (Phi) is 4.23. The summed E-state index contributed by atoms with van der Waals surface area (Å²) in [5.41, 5.74) is 2.06. The van der Waals surface area contributed by atoms with Gasteiger partial charge in [-0.15, -0.1) is 11.3 Å². The number of nitrogens with zero attached hydrogens (tertiary/aromatic N) is 2. The highest BCUT2D eigenvalue weighted by Gasteiger charge is 2.16. The molecule has 1 heterocycles. The third kappa shape index (κ3) is 3.02. The Hall–Kier alpha value is -1.43. The molecule has 0 saturated carbocycles. The van der Waals surface area contributed by atoms with Gasteiger partial charge in [0.05, 0.1) is 12.1 Å². The van der Waals surface area contributed by atoms with Crippen LogP contribution in [-0.2, 0) is 16.0 Å². The Labute approximate surface area is 91.7 Å². The van der Waals surface area contributed by atoms with E-state index in [2.05, 4.69) is 9.72 Å². The van der Waals surface area contributed by atoms with Gasteiger partial charge in [0, 0.05) is 25.4 Å². The van der Waals surface area contributed by atoms with Crippen molar-refractivity contribution < 1.29 is 14.3 Å². The fourth-order valence-electron chi connectivity index (χ4n) is 1.03. The van der Waals surface area contributed by atoms with Crippen molar-refractivity contribution in [2.24, 2.45) is 0 Å². The summed E-state index contributed by atoms with van der Waals surface area (Å²) in [7, 11) is 3.35. The first-order chi connectivity index (χ1) is 7.16. The molecule has 0 spiro atoms. The Balaban J connectivity index is 2.68. The summed E-state index contributed by atoms with van der Waals surface area (Å²) in [5, 5.41) is 0. The fraction of sp³-hybridized carbons (Fsp3) is 0.444. The maximum atomic E-state index is 11.6. The molecule has 0 N–H and O–H groups in total. The highest BCUT2D eigenvalue weighted by atomic mass is 32.1. The van der Waals surface area contributed by atoms with E-state index in [0.717, 1.165) is 4.88 Å². The molecule has 0 fully saturated rings. The van der Waals surface area contributed by atoms with Gasteiger partial charge in [0.25, 0.3) is 12.4 Å². The lowest BCUT2D eigenvalue weighted by molar-refractivity contribution is -0.128. The number of hydrogen-bond donors (Lipinski definition) is 0. The van der Waals surface area contributed by atoms with Crippen molar-refractivity contribution in [3.05, 3.63) is 16.1 Å². The minimum Gasteiger partial charge on any atom is -0.468 e. The van der Waals surface area contributed by atoms with Crippen LogP contribution >= 0.6 is 11.3 Å². The van der Waals surface area contributed by atoms with E-state index in [1.807, 2.05) is 0 Å². The van der Waals surface area contributed by atoms with Crippen LogP contribution in [0, 0.1) is 0 Å². The lowest BCUT2D eigenvalue weighted by Gasteiger charge is -2.09. The predicted molar refractivity (Wildman–Crippen MR) is 55.9 cm³/mol. The number of carbonyl (C=O) groups is 2. The molecule has 0 unspecified atom stereocenters. The number of aromatic nitrogens is 1. The van der Waals surface area contributed by atoms with E-state index in [9.17, 15) is 9.59 Å². The largest absolute Gasteiger partial charge is 0.468 e. The molecule has 1 rings (SSSR count). The second-order valence-corrected chi connectivity index (χ2v) is 3.98. The number of thiazole rings is 1. The van der Waals surface area contributed by atoms with Crippen LogP contribution in [0.5, 0.6) is 0 Å². The van der Waals surface area contributed by atoms with Crippen LogP contribution in [0.4, 0.5) is 0 Å². The molecule has 5 nitrogen and oxygen atoms in total. The van der Waals surface area contributed by atoms with Crippen LogP contribution in [0.1, 0.15) is 15.4 Å². The van der Waals surface area contributed by atoms with Crippen LogP contribution < -0.4 is 0 Å². The first-order valence-electron chi connectivity index (χ1n) is 4.36. The quantitative estimate of drug-likeness (QED) is 0.546. The zero-order valence-corrected chi connectivity index (χ0v) is 9.41. The van der Waals surface area contributed by atoms with E-state index in [1.54, 1.807) is 19.6 Å². The summed E-state index contributed by atoms with van der Waals surface area (Å²) >= 11 is 1.39. The van der Waals surface area contributed by atoms with Gasteiger partial charge >= 0.3 is 0 Å². The van der Waals surface area contributed by atoms with E-state index >= 15 is 0 Å². The minimum absolute atomic E-state index is 0.127. The van der Waals surface area contributed by atoms with Gasteiger partial charge in [-0.1, -0.05) is 0 Å². The van der Waals surface area contributed by atoms with Crippen LogP contribution in [0.2, 0.25) is 0 Å². The molecular formula is C9H12N2O3S. The molecule has 0 aromatic carbocycles. The zero-order chi connectivity index (χ0) is 11.3. The van der Waals surface area contributed by atoms with Gasteiger partial charge < -0.3 is 9.64 Å². The molecule has 0 atom stereocenters. The summed E-state index contributed by atoms with van der Waals surface area (Å²) in [5.74, 6) is -0.127. The van der Waals surface area contributed by atoms with Crippen LogP contribution in [-0.4, -0.2) is 43.0 Å². The summed E-state index contributed by atoms with van der Waals surface area (Å²) in [4.78, 5) is 27.9. The lowest BCUT2D eigenvalue weighted by Crippen LogP contribution is -2.23. The number of ether oxygens (including phenoxy) is 1. The average molecular weight is 228 g/mol. The molecule has 0 radical (unpaired) electrons. The van der Waals surface area contributed by atoms with Gasteiger partial charge in [0.2, 0.25) is 0 Å². The first kappa shape index (κ1) is 11.6. The van der Waals surface area contributed by atoms with Crippen molar-refractivity contribution in [1.82, 2.24) is 9.88 Å². The second kappa shape index (κ2) is 5.45. The molecule has 0 aliphatic carbocycles. The maximum absolute atomic E-state index is 11.6. The van der Waals surface area contributed by atoms with Crippen molar-refractivity contribution in [2.75, 3.05) is 20.7 Å². The summed E-state index contributed by atoms with van der Waals surface area (Å²) in [6.45, 7) is 0.674. The molecule has 0 aliphatic rings. The Morgan fingerprint density at radius 3 is 3.00 bits per heavy atom. The summed E-state index contributed by atoms with van der Waals surface area (Å²) in [6.07, 6.45) is 0.526.